The van der Waals surface area contributed by atoms with Gasteiger partial charge < -0.3 is 14.8 Å². The summed E-state index contributed by atoms with van der Waals surface area (Å²) in [5.41, 5.74) is 0.696. The average molecular weight is 438 g/mol. The van der Waals surface area contributed by atoms with E-state index in [2.05, 4.69) is 15.5 Å². The van der Waals surface area contributed by atoms with Crippen molar-refractivity contribution >= 4 is 34.8 Å². The van der Waals surface area contributed by atoms with Crippen molar-refractivity contribution in [1.82, 2.24) is 25.0 Å². The molecule has 8 heteroatoms. The quantitative estimate of drug-likeness (QED) is 0.580. The predicted octanol–water partition coefficient (Wildman–Crippen LogP) is 3.32. The molecule has 1 fully saturated rings. The fourth-order valence-electron chi connectivity index (χ4n) is 4.27. The lowest BCUT2D eigenvalue weighted by Gasteiger charge is -2.32. The Morgan fingerprint density at radius 3 is 2.87 bits per heavy atom. The Morgan fingerprint density at radius 1 is 1.23 bits per heavy atom. The Hall–Kier alpha value is -3.00. The second-order valence-corrected chi connectivity index (χ2v) is 8.23. The Morgan fingerprint density at radius 2 is 2.03 bits per heavy atom. The van der Waals surface area contributed by atoms with Crippen LogP contribution in [-0.2, 0) is 17.8 Å². The molecule has 4 rings (SSSR count). The number of H-pyrrole nitrogens is 1. The summed E-state index contributed by atoms with van der Waals surface area (Å²) in [6, 6.07) is 13.7. The second-order valence-electron chi connectivity index (χ2n) is 7.85. The maximum Gasteiger partial charge on any atom is 0.254 e. The Bertz CT molecular complexity index is 1150. The third-order valence-electron chi connectivity index (χ3n) is 5.90. The average Bonchev–Trinajstić information content (AvgIpc) is 3.17. The number of rotatable bonds is 6. The molecule has 2 aromatic carbocycles. The van der Waals surface area contributed by atoms with Crippen molar-refractivity contribution in [2.75, 3.05) is 19.6 Å². The van der Waals surface area contributed by atoms with Gasteiger partial charge in [-0.1, -0.05) is 36.4 Å². The number of benzene rings is 2. The van der Waals surface area contributed by atoms with Gasteiger partial charge in [0.25, 0.3) is 5.91 Å². The van der Waals surface area contributed by atoms with Crippen molar-refractivity contribution in [1.29, 1.82) is 0 Å². The van der Waals surface area contributed by atoms with E-state index >= 15 is 0 Å². The van der Waals surface area contributed by atoms with E-state index in [0.717, 1.165) is 36.0 Å². The van der Waals surface area contributed by atoms with Crippen LogP contribution in [0.25, 0.3) is 10.8 Å². The summed E-state index contributed by atoms with van der Waals surface area (Å²) in [6.07, 6.45) is 2.22. The minimum Gasteiger partial charge on any atom is -0.355 e. The highest BCUT2D eigenvalue weighted by Gasteiger charge is 2.29. The van der Waals surface area contributed by atoms with Crippen LogP contribution in [0.5, 0.6) is 0 Å². The number of amides is 2. The second kappa shape index (κ2) is 9.43. The number of piperidine rings is 1. The standard InChI is InChI=1S/C23H27N5O2S/c1-2-28-20(25-26-23(28)31)12-13-24-21(29)17-9-6-14-27(15-17)22(30)19-11-5-8-16-7-3-4-10-18(16)19/h3-5,7-8,10-11,17H,2,6,9,12-15H2,1H3,(H,24,29)(H,26,31). The smallest absolute Gasteiger partial charge is 0.254 e. The van der Waals surface area contributed by atoms with E-state index in [9.17, 15) is 9.59 Å². The van der Waals surface area contributed by atoms with Crippen LogP contribution in [0.15, 0.2) is 42.5 Å². The van der Waals surface area contributed by atoms with Gasteiger partial charge in [0.05, 0.1) is 5.92 Å². The van der Waals surface area contributed by atoms with E-state index in [1.165, 1.54) is 0 Å². The van der Waals surface area contributed by atoms with Crippen molar-refractivity contribution < 1.29 is 9.59 Å². The molecule has 7 nitrogen and oxygen atoms in total. The molecule has 3 aromatic rings. The van der Waals surface area contributed by atoms with E-state index in [1.54, 1.807) is 0 Å². The molecular weight excluding hydrogens is 410 g/mol. The van der Waals surface area contributed by atoms with Crippen LogP contribution in [0.3, 0.4) is 0 Å². The van der Waals surface area contributed by atoms with Gasteiger partial charge in [-0.3, -0.25) is 14.7 Å². The first kappa shape index (κ1) is 21.2. The number of carbonyl (C=O) groups is 2. The van der Waals surface area contributed by atoms with Crippen molar-refractivity contribution in [3.8, 4) is 0 Å². The molecule has 1 saturated heterocycles. The molecule has 1 atom stereocenters. The van der Waals surface area contributed by atoms with Gasteiger partial charge in [0, 0.05) is 38.2 Å². The topological polar surface area (TPSA) is 83.0 Å². The predicted molar refractivity (Wildman–Crippen MR) is 122 cm³/mol. The van der Waals surface area contributed by atoms with E-state index in [4.69, 9.17) is 12.2 Å². The summed E-state index contributed by atoms with van der Waals surface area (Å²) < 4.78 is 2.52. The number of aromatic amines is 1. The van der Waals surface area contributed by atoms with Crippen molar-refractivity contribution in [3.05, 3.63) is 58.6 Å². The molecule has 2 amide bonds. The summed E-state index contributed by atoms with van der Waals surface area (Å²) >= 11 is 5.20. The molecule has 1 unspecified atom stereocenters. The van der Waals surface area contributed by atoms with Gasteiger partial charge >= 0.3 is 0 Å². The number of likely N-dealkylation sites (tertiary alicyclic amines) is 1. The fraction of sp³-hybridized carbons (Fsp3) is 0.391. The SMILES string of the molecule is CCn1c(CCNC(=O)C2CCCN(C(=O)c3cccc4ccccc34)C2)n[nH]c1=S. The third-order valence-corrected chi connectivity index (χ3v) is 6.21. The summed E-state index contributed by atoms with van der Waals surface area (Å²) in [7, 11) is 0. The highest BCUT2D eigenvalue weighted by molar-refractivity contribution is 7.71. The summed E-state index contributed by atoms with van der Waals surface area (Å²) in [5.74, 6) is 0.629. The summed E-state index contributed by atoms with van der Waals surface area (Å²) in [4.78, 5) is 27.8. The van der Waals surface area contributed by atoms with Gasteiger partial charge in [-0.15, -0.1) is 0 Å². The van der Waals surface area contributed by atoms with Crippen molar-refractivity contribution in [2.45, 2.75) is 32.7 Å². The molecule has 1 aliphatic rings. The summed E-state index contributed by atoms with van der Waals surface area (Å²) in [6.45, 7) is 4.37. The maximum atomic E-state index is 13.2. The molecular formula is C23H27N5O2S. The lowest BCUT2D eigenvalue weighted by atomic mass is 9.95. The molecule has 2 heterocycles. The first-order chi connectivity index (χ1) is 15.1. The maximum absolute atomic E-state index is 13.2. The number of hydrogen-bond acceptors (Lipinski definition) is 4. The number of aromatic nitrogens is 3. The Kier molecular flexibility index (Phi) is 6.46. The fourth-order valence-corrected chi connectivity index (χ4v) is 4.55. The molecule has 0 aliphatic carbocycles. The zero-order valence-electron chi connectivity index (χ0n) is 17.6. The van der Waals surface area contributed by atoms with E-state index in [0.29, 0.717) is 36.4 Å². The number of nitrogens with one attached hydrogen (secondary N) is 2. The van der Waals surface area contributed by atoms with Gasteiger partial charge in [0.2, 0.25) is 5.91 Å². The van der Waals surface area contributed by atoms with Crippen LogP contribution in [0.1, 0.15) is 35.9 Å². The van der Waals surface area contributed by atoms with Gasteiger partial charge in [-0.25, -0.2) is 0 Å². The molecule has 0 saturated carbocycles. The normalized spacial score (nSPS) is 16.4. The van der Waals surface area contributed by atoms with E-state index < -0.39 is 0 Å². The highest BCUT2D eigenvalue weighted by atomic mass is 32.1. The monoisotopic (exact) mass is 437 g/mol. The van der Waals surface area contributed by atoms with Gasteiger partial charge in [-0.05, 0) is 48.8 Å². The zero-order chi connectivity index (χ0) is 21.8. The first-order valence-electron chi connectivity index (χ1n) is 10.8. The van der Waals surface area contributed by atoms with Crippen LogP contribution >= 0.6 is 12.2 Å². The summed E-state index contributed by atoms with van der Waals surface area (Å²) in [5, 5.41) is 12.0. The van der Waals surface area contributed by atoms with Crippen molar-refractivity contribution in [3.63, 3.8) is 0 Å². The third kappa shape index (κ3) is 4.54. The molecule has 0 bridgehead atoms. The molecule has 2 N–H and O–H groups in total. The molecule has 1 aromatic heterocycles. The van der Waals surface area contributed by atoms with E-state index in [-0.39, 0.29) is 17.7 Å². The molecule has 0 spiro atoms. The molecule has 31 heavy (non-hydrogen) atoms. The van der Waals surface area contributed by atoms with Gasteiger partial charge in [-0.2, -0.15) is 5.10 Å². The number of fused-ring (bicyclic) bond motifs is 1. The minimum atomic E-state index is -0.195. The van der Waals surface area contributed by atoms with Crippen LogP contribution in [0.2, 0.25) is 0 Å². The number of hydrogen-bond donors (Lipinski definition) is 2. The highest BCUT2D eigenvalue weighted by Crippen LogP contribution is 2.23. The Labute approximate surface area is 186 Å². The van der Waals surface area contributed by atoms with Gasteiger partial charge in [0.15, 0.2) is 4.77 Å². The molecule has 162 valence electrons. The lowest BCUT2D eigenvalue weighted by molar-refractivity contribution is -0.126. The molecule has 1 aliphatic heterocycles. The van der Waals surface area contributed by atoms with Gasteiger partial charge in [0.1, 0.15) is 5.82 Å². The number of nitrogens with zero attached hydrogens (tertiary/aromatic N) is 3. The van der Waals surface area contributed by atoms with E-state index in [1.807, 2.05) is 58.9 Å². The Balaban J connectivity index is 1.38. The largest absolute Gasteiger partial charge is 0.355 e. The van der Waals surface area contributed by atoms with Crippen LogP contribution < -0.4 is 5.32 Å². The van der Waals surface area contributed by atoms with Crippen LogP contribution in [0.4, 0.5) is 0 Å². The van der Waals surface area contributed by atoms with Crippen molar-refractivity contribution in [2.24, 2.45) is 5.92 Å². The zero-order valence-corrected chi connectivity index (χ0v) is 18.5. The molecule has 0 radical (unpaired) electrons. The first-order valence-corrected chi connectivity index (χ1v) is 11.2. The van der Waals surface area contributed by atoms with Crippen LogP contribution in [0, 0.1) is 10.7 Å². The number of carbonyl (C=O) groups excluding carboxylic acids is 2. The van der Waals surface area contributed by atoms with Crippen LogP contribution in [-0.4, -0.2) is 51.1 Å². The minimum absolute atomic E-state index is 0.00668. The lowest BCUT2D eigenvalue weighted by Crippen LogP contribution is -2.45.